The molecule has 136 valence electrons. The minimum Gasteiger partial charge on any atom is -0.293 e. The van der Waals surface area contributed by atoms with Crippen LogP contribution in [0.4, 0.5) is 5.95 Å². The molecule has 0 saturated heterocycles. The highest BCUT2D eigenvalue weighted by Gasteiger charge is 2.15. The molecule has 2 aromatic heterocycles. The van der Waals surface area contributed by atoms with E-state index in [1.807, 2.05) is 29.6 Å². The Labute approximate surface area is 177 Å². The van der Waals surface area contributed by atoms with Gasteiger partial charge in [0.1, 0.15) is 0 Å². The number of aromatic nitrogens is 3. The van der Waals surface area contributed by atoms with Gasteiger partial charge < -0.3 is 0 Å². The maximum absolute atomic E-state index is 12.3. The van der Waals surface area contributed by atoms with Gasteiger partial charge in [0.2, 0.25) is 16.8 Å². The maximum atomic E-state index is 12.3. The minimum atomic E-state index is -0.182. The van der Waals surface area contributed by atoms with Crippen LogP contribution in [0.15, 0.2) is 52.3 Å². The van der Waals surface area contributed by atoms with Gasteiger partial charge in [0.05, 0.1) is 17.1 Å². The van der Waals surface area contributed by atoms with E-state index < -0.39 is 0 Å². The van der Waals surface area contributed by atoms with E-state index in [2.05, 4.69) is 31.3 Å². The molecule has 0 spiro atoms. The van der Waals surface area contributed by atoms with Crippen LogP contribution in [-0.4, -0.2) is 20.5 Å². The summed E-state index contributed by atoms with van der Waals surface area (Å²) in [6.07, 6.45) is 0.243. The van der Waals surface area contributed by atoms with Crippen molar-refractivity contribution in [1.82, 2.24) is 14.6 Å². The molecule has 4 rings (SSSR count). The van der Waals surface area contributed by atoms with Crippen LogP contribution in [0.2, 0.25) is 10.0 Å². The highest BCUT2D eigenvalue weighted by molar-refractivity contribution is 9.10. The monoisotopic (exact) mass is 480 g/mol. The van der Waals surface area contributed by atoms with Crippen molar-refractivity contribution in [3.8, 4) is 11.3 Å². The first-order valence-corrected chi connectivity index (χ1v) is 10.3. The van der Waals surface area contributed by atoms with Crippen LogP contribution in [-0.2, 0) is 11.2 Å². The highest BCUT2D eigenvalue weighted by atomic mass is 79.9. The van der Waals surface area contributed by atoms with E-state index in [0.717, 1.165) is 21.3 Å². The molecule has 1 N–H and O–H groups in total. The lowest BCUT2D eigenvalue weighted by Gasteiger charge is -2.03. The molecule has 0 atom stereocenters. The van der Waals surface area contributed by atoms with Crippen LogP contribution in [0.25, 0.3) is 16.2 Å². The predicted molar refractivity (Wildman–Crippen MR) is 113 cm³/mol. The zero-order valence-electron chi connectivity index (χ0n) is 13.6. The Kier molecular flexibility index (Phi) is 5.19. The van der Waals surface area contributed by atoms with Gasteiger partial charge in [0.15, 0.2) is 0 Å². The van der Waals surface area contributed by atoms with Crippen molar-refractivity contribution in [1.29, 1.82) is 0 Å². The Hall–Kier alpha value is -1.93. The number of anilines is 1. The molecular weight excluding hydrogens is 471 g/mol. The second kappa shape index (κ2) is 7.59. The van der Waals surface area contributed by atoms with E-state index in [0.29, 0.717) is 15.0 Å². The molecule has 2 aromatic carbocycles. The van der Waals surface area contributed by atoms with Gasteiger partial charge in [-0.05, 0) is 35.9 Å². The first-order chi connectivity index (χ1) is 13.0. The Bertz CT molecular complexity index is 1140. The van der Waals surface area contributed by atoms with Gasteiger partial charge in [0, 0.05) is 20.4 Å². The second-order valence-electron chi connectivity index (χ2n) is 5.73. The third-order valence-electron chi connectivity index (χ3n) is 3.82. The predicted octanol–water partition coefficient (Wildman–Crippen LogP) is 5.71. The van der Waals surface area contributed by atoms with Crippen LogP contribution in [0.5, 0.6) is 0 Å². The van der Waals surface area contributed by atoms with E-state index in [4.69, 9.17) is 23.2 Å². The number of thiazole rings is 1. The molecule has 0 unspecified atom stereocenters. The number of carbonyl (C=O) groups excluding carboxylic acids is 1. The smallest absolute Gasteiger partial charge is 0.250 e. The molecule has 9 heteroatoms. The number of halogens is 3. The van der Waals surface area contributed by atoms with Gasteiger partial charge in [-0.15, -0.1) is 16.4 Å². The van der Waals surface area contributed by atoms with Crippen molar-refractivity contribution in [3.63, 3.8) is 0 Å². The topological polar surface area (TPSA) is 59.3 Å². The van der Waals surface area contributed by atoms with Crippen LogP contribution in [0, 0.1) is 0 Å². The first kappa shape index (κ1) is 18.4. The largest absolute Gasteiger partial charge is 0.293 e. The normalized spacial score (nSPS) is 11.1. The summed E-state index contributed by atoms with van der Waals surface area (Å²) in [5.41, 5.74) is 2.43. The van der Waals surface area contributed by atoms with Crippen molar-refractivity contribution in [2.24, 2.45) is 0 Å². The standard InChI is InChI=1S/C18H11BrCl2N4OS/c19-11-3-1-10(2-4-11)7-16(26)22-17-23-18-25(24-17)15(9-27-18)13-8-12(20)5-6-14(13)21/h1-6,8-9H,7H2,(H,22,24,26). The number of carbonyl (C=O) groups is 1. The summed E-state index contributed by atoms with van der Waals surface area (Å²) in [7, 11) is 0. The van der Waals surface area contributed by atoms with Crippen LogP contribution in [0.3, 0.4) is 0 Å². The lowest BCUT2D eigenvalue weighted by molar-refractivity contribution is -0.115. The lowest BCUT2D eigenvalue weighted by atomic mass is 10.1. The molecule has 0 bridgehead atoms. The average Bonchev–Trinajstić information content (AvgIpc) is 3.19. The minimum absolute atomic E-state index is 0.182. The van der Waals surface area contributed by atoms with Crippen molar-refractivity contribution < 1.29 is 4.79 Å². The molecule has 0 saturated carbocycles. The van der Waals surface area contributed by atoms with Crippen molar-refractivity contribution >= 4 is 67.3 Å². The van der Waals surface area contributed by atoms with Gasteiger partial charge in [0.25, 0.3) is 0 Å². The van der Waals surface area contributed by atoms with E-state index in [-0.39, 0.29) is 18.3 Å². The fourth-order valence-electron chi connectivity index (χ4n) is 2.57. The van der Waals surface area contributed by atoms with Gasteiger partial charge in [-0.2, -0.15) is 4.98 Å². The number of benzene rings is 2. The first-order valence-electron chi connectivity index (χ1n) is 7.83. The molecule has 5 nitrogen and oxygen atoms in total. The van der Waals surface area contributed by atoms with Gasteiger partial charge in [-0.25, -0.2) is 4.52 Å². The number of fused-ring (bicyclic) bond motifs is 1. The second-order valence-corrected chi connectivity index (χ2v) is 8.32. The maximum Gasteiger partial charge on any atom is 0.250 e. The molecule has 2 heterocycles. The number of hydrogen-bond acceptors (Lipinski definition) is 4. The molecule has 0 fully saturated rings. The summed E-state index contributed by atoms with van der Waals surface area (Å²) in [5, 5.41) is 10.2. The van der Waals surface area contributed by atoms with Gasteiger partial charge in [-0.1, -0.05) is 51.3 Å². The summed E-state index contributed by atoms with van der Waals surface area (Å²) in [4.78, 5) is 17.3. The summed E-state index contributed by atoms with van der Waals surface area (Å²) >= 11 is 17.2. The molecule has 0 radical (unpaired) electrons. The Morgan fingerprint density at radius 1 is 1.19 bits per heavy atom. The van der Waals surface area contributed by atoms with Gasteiger partial charge in [-0.3, -0.25) is 10.1 Å². The number of rotatable bonds is 4. The zero-order chi connectivity index (χ0) is 19.0. The SMILES string of the molecule is O=C(Cc1ccc(Br)cc1)Nc1nc2scc(-c3cc(Cl)ccc3Cl)n2n1. The van der Waals surface area contributed by atoms with E-state index in [1.165, 1.54) is 11.3 Å². The van der Waals surface area contributed by atoms with E-state index in [9.17, 15) is 4.79 Å². The number of amides is 1. The summed E-state index contributed by atoms with van der Waals surface area (Å²) in [5.74, 6) is 0.0706. The summed E-state index contributed by atoms with van der Waals surface area (Å²) in [6, 6.07) is 12.8. The zero-order valence-corrected chi connectivity index (χ0v) is 17.5. The van der Waals surface area contributed by atoms with Gasteiger partial charge >= 0.3 is 0 Å². The molecule has 0 aliphatic carbocycles. The van der Waals surface area contributed by atoms with Crippen LogP contribution < -0.4 is 5.32 Å². The van der Waals surface area contributed by atoms with E-state index in [1.54, 1.807) is 22.7 Å². The fourth-order valence-corrected chi connectivity index (χ4v) is 4.04. The average molecular weight is 482 g/mol. The van der Waals surface area contributed by atoms with Crippen molar-refractivity contribution in [2.75, 3.05) is 5.32 Å². The van der Waals surface area contributed by atoms with Crippen molar-refractivity contribution in [3.05, 3.63) is 67.9 Å². The number of hydrogen-bond donors (Lipinski definition) is 1. The highest BCUT2D eigenvalue weighted by Crippen LogP contribution is 2.33. The molecule has 4 aromatic rings. The van der Waals surface area contributed by atoms with Crippen LogP contribution in [0.1, 0.15) is 5.56 Å². The molecule has 0 aliphatic rings. The molecule has 0 aliphatic heterocycles. The van der Waals surface area contributed by atoms with Crippen molar-refractivity contribution in [2.45, 2.75) is 6.42 Å². The quantitative estimate of drug-likeness (QED) is 0.406. The Morgan fingerprint density at radius 2 is 1.96 bits per heavy atom. The lowest BCUT2D eigenvalue weighted by Crippen LogP contribution is -2.15. The molecule has 27 heavy (non-hydrogen) atoms. The number of nitrogens with zero attached hydrogens (tertiary/aromatic N) is 3. The third-order valence-corrected chi connectivity index (χ3v) is 5.72. The summed E-state index contributed by atoms with van der Waals surface area (Å²) < 4.78 is 2.62. The summed E-state index contributed by atoms with van der Waals surface area (Å²) in [6.45, 7) is 0. The van der Waals surface area contributed by atoms with E-state index >= 15 is 0 Å². The fraction of sp³-hybridized carbons (Fsp3) is 0.0556. The van der Waals surface area contributed by atoms with Crippen LogP contribution >= 0.6 is 50.5 Å². The Balaban J connectivity index is 1.57. The third kappa shape index (κ3) is 4.01. The number of nitrogens with one attached hydrogen (secondary N) is 1. The Morgan fingerprint density at radius 3 is 2.74 bits per heavy atom. The molecular formula is C18H11BrCl2N4OS. The molecule has 1 amide bonds.